The smallest absolute Gasteiger partial charge is 0.227 e. The molecule has 2 aromatic rings. The van der Waals surface area contributed by atoms with Crippen LogP contribution in [-0.2, 0) is 9.59 Å². The van der Waals surface area contributed by atoms with Gasteiger partial charge in [-0.3, -0.25) is 14.6 Å². The van der Waals surface area contributed by atoms with Crippen molar-refractivity contribution in [2.45, 2.75) is 32.1 Å². The Hall–Kier alpha value is -2.23. The van der Waals surface area contributed by atoms with Gasteiger partial charge in [-0.15, -0.1) is 0 Å². The summed E-state index contributed by atoms with van der Waals surface area (Å²) in [4.78, 5) is 29.1. The lowest BCUT2D eigenvalue weighted by molar-refractivity contribution is -0.136. The third-order valence-electron chi connectivity index (χ3n) is 5.28. The maximum atomic E-state index is 12.6. The number of amides is 1. The number of para-hydroxylation sites is 1. The van der Waals surface area contributed by atoms with Gasteiger partial charge in [0.2, 0.25) is 5.91 Å². The third-order valence-corrected chi connectivity index (χ3v) is 5.28. The maximum absolute atomic E-state index is 12.6. The van der Waals surface area contributed by atoms with Crippen LogP contribution in [-0.4, -0.2) is 16.7 Å². The number of hydrogen-bond acceptors (Lipinski definition) is 3. The first-order valence-electron chi connectivity index (χ1n) is 8.40. The number of ketones is 1. The molecule has 118 valence electrons. The number of fused-ring (bicyclic) bond motifs is 3. The molecule has 0 spiro atoms. The van der Waals surface area contributed by atoms with Gasteiger partial charge in [-0.1, -0.05) is 24.6 Å². The first-order valence-corrected chi connectivity index (χ1v) is 8.40. The molecule has 2 fully saturated rings. The Morgan fingerprint density at radius 1 is 1.13 bits per heavy atom. The summed E-state index contributed by atoms with van der Waals surface area (Å²) < 4.78 is 0. The molecule has 0 aliphatic heterocycles. The van der Waals surface area contributed by atoms with Crippen LogP contribution in [0.25, 0.3) is 10.9 Å². The topological polar surface area (TPSA) is 59.1 Å². The van der Waals surface area contributed by atoms with Crippen LogP contribution >= 0.6 is 0 Å². The number of Topliss-reactive ketones (excluding diaryl/α,β-unsaturated/α-hetero) is 1. The molecular weight excluding hydrogens is 288 g/mol. The third kappa shape index (κ3) is 2.74. The number of nitrogens with zero attached hydrogens (tertiary/aromatic N) is 1. The predicted octanol–water partition coefficient (Wildman–Crippen LogP) is 3.57. The van der Waals surface area contributed by atoms with E-state index in [1.165, 1.54) is 0 Å². The second-order valence-corrected chi connectivity index (χ2v) is 6.80. The second kappa shape index (κ2) is 5.76. The largest absolute Gasteiger partial charge is 0.324 e. The molecule has 2 aliphatic rings. The first kappa shape index (κ1) is 14.4. The fourth-order valence-corrected chi connectivity index (χ4v) is 4.08. The highest BCUT2D eigenvalue weighted by Gasteiger charge is 2.41. The number of hydrogen-bond donors (Lipinski definition) is 1. The Labute approximate surface area is 135 Å². The minimum Gasteiger partial charge on any atom is -0.324 e. The highest BCUT2D eigenvalue weighted by molar-refractivity contribution is 5.96. The maximum Gasteiger partial charge on any atom is 0.227 e. The highest BCUT2D eigenvalue weighted by Crippen LogP contribution is 2.40. The van der Waals surface area contributed by atoms with E-state index in [-0.39, 0.29) is 23.7 Å². The molecule has 1 aromatic carbocycles. The molecule has 2 aliphatic carbocycles. The Balaban J connectivity index is 1.49. The molecule has 2 bridgehead atoms. The van der Waals surface area contributed by atoms with Crippen LogP contribution in [0, 0.1) is 17.8 Å². The fourth-order valence-electron chi connectivity index (χ4n) is 4.08. The van der Waals surface area contributed by atoms with Gasteiger partial charge in [0.1, 0.15) is 5.78 Å². The van der Waals surface area contributed by atoms with Gasteiger partial charge < -0.3 is 5.32 Å². The van der Waals surface area contributed by atoms with Crippen molar-refractivity contribution in [2.75, 3.05) is 5.32 Å². The molecule has 1 N–H and O–H groups in total. The molecule has 0 radical (unpaired) electrons. The molecule has 1 aromatic heterocycles. The van der Waals surface area contributed by atoms with Crippen LogP contribution < -0.4 is 5.32 Å². The van der Waals surface area contributed by atoms with Crippen molar-refractivity contribution < 1.29 is 9.59 Å². The standard InChI is InChI=1S/C19H20N2O2/c22-18-13-5-3-6-14(18)9-15(8-13)19(23)21-16-10-12-4-1-2-7-17(12)20-11-16/h1-2,4,7,10-11,13-15H,3,5-6,8-9H2,(H,21,23). The van der Waals surface area contributed by atoms with Gasteiger partial charge in [0.15, 0.2) is 0 Å². The highest BCUT2D eigenvalue weighted by atomic mass is 16.2. The summed E-state index contributed by atoms with van der Waals surface area (Å²) in [6, 6.07) is 9.81. The van der Waals surface area contributed by atoms with Crippen LogP contribution in [0.1, 0.15) is 32.1 Å². The monoisotopic (exact) mass is 308 g/mol. The van der Waals surface area contributed by atoms with Crippen molar-refractivity contribution in [3.05, 3.63) is 36.5 Å². The molecule has 4 rings (SSSR count). The molecule has 0 saturated heterocycles. The lowest BCUT2D eigenvalue weighted by atomic mass is 9.67. The average molecular weight is 308 g/mol. The number of pyridine rings is 1. The summed E-state index contributed by atoms with van der Waals surface area (Å²) in [5.41, 5.74) is 1.65. The minimum atomic E-state index is -0.0468. The summed E-state index contributed by atoms with van der Waals surface area (Å²) in [5, 5.41) is 4.01. The van der Waals surface area contributed by atoms with E-state index in [1.54, 1.807) is 6.20 Å². The number of benzene rings is 1. The summed E-state index contributed by atoms with van der Waals surface area (Å²) >= 11 is 0. The minimum absolute atomic E-state index is 0.0338. The summed E-state index contributed by atoms with van der Waals surface area (Å²) in [6.07, 6.45) is 6.16. The van der Waals surface area contributed by atoms with Crippen LogP contribution in [0.3, 0.4) is 0 Å². The Morgan fingerprint density at radius 3 is 2.65 bits per heavy atom. The van der Waals surface area contributed by atoms with Crippen molar-refractivity contribution in [2.24, 2.45) is 17.8 Å². The van der Waals surface area contributed by atoms with E-state index in [9.17, 15) is 9.59 Å². The summed E-state index contributed by atoms with van der Waals surface area (Å²) in [7, 11) is 0. The number of aromatic nitrogens is 1. The van der Waals surface area contributed by atoms with E-state index in [4.69, 9.17) is 0 Å². The number of carbonyl (C=O) groups excluding carboxylic acids is 2. The lowest BCUT2D eigenvalue weighted by Crippen LogP contribution is -2.40. The first-order chi connectivity index (χ1) is 11.2. The van der Waals surface area contributed by atoms with Crippen LogP contribution in [0.4, 0.5) is 5.69 Å². The van der Waals surface area contributed by atoms with Gasteiger partial charge in [-0.25, -0.2) is 0 Å². The SMILES string of the molecule is O=C(Nc1cnc2ccccc2c1)C1CC2CCCC(C1)C2=O. The van der Waals surface area contributed by atoms with E-state index in [2.05, 4.69) is 10.3 Å². The molecule has 1 heterocycles. The molecule has 4 heteroatoms. The van der Waals surface area contributed by atoms with E-state index in [0.29, 0.717) is 18.6 Å². The van der Waals surface area contributed by atoms with Gasteiger partial charge in [-0.05, 0) is 37.8 Å². The Bertz CT molecular complexity index is 755. The van der Waals surface area contributed by atoms with Gasteiger partial charge in [0.05, 0.1) is 17.4 Å². The van der Waals surface area contributed by atoms with Crippen molar-refractivity contribution >= 4 is 28.3 Å². The normalized spacial score (nSPS) is 27.0. The summed E-state index contributed by atoms with van der Waals surface area (Å²) in [6.45, 7) is 0. The molecule has 2 saturated carbocycles. The van der Waals surface area contributed by atoms with Crippen LogP contribution in [0.5, 0.6) is 0 Å². The van der Waals surface area contributed by atoms with Crippen molar-refractivity contribution in [1.82, 2.24) is 4.98 Å². The molecule has 2 unspecified atom stereocenters. The zero-order valence-electron chi connectivity index (χ0n) is 13.0. The quantitative estimate of drug-likeness (QED) is 0.922. The molecule has 1 amide bonds. The molecular formula is C19H20N2O2. The van der Waals surface area contributed by atoms with Gasteiger partial charge in [0.25, 0.3) is 0 Å². The van der Waals surface area contributed by atoms with Gasteiger partial charge >= 0.3 is 0 Å². The number of carbonyl (C=O) groups is 2. The second-order valence-electron chi connectivity index (χ2n) is 6.80. The lowest BCUT2D eigenvalue weighted by Gasteiger charge is -2.36. The number of nitrogens with one attached hydrogen (secondary N) is 1. The predicted molar refractivity (Wildman–Crippen MR) is 88.9 cm³/mol. The van der Waals surface area contributed by atoms with E-state index in [1.807, 2.05) is 30.3 Å². The fraction of sp³-hybridized carbons (Fsp3) is 0.421. The Kier molecular flexibility index (Phi) is 3.60. The molecule has 2 atom stereocenters. The van der Waals surface area contributed by atoms with E-state index < -0.39 is 0 Å². The number of rotatable bonds is 2. The molecule has 4 nitrogen and oxygen atoms in total. The number of anilines is 1. The zero-order chi connectivity index (χ0) is 15.8. The van der Waals surface area contributed by atoms with E-state index in [0.717, 1.165) is 35.9 Å². The van der Waals surface area contributed by atoms with Crippen LogP contribution in [0.15, 0.2) is 36.5 Å². The average Bonchev–Trinajstić information content (AvgIpc) is 2.54. The van der Waals surface area contributed by atoms with Crippen LogP contribution in [0.2, 0.25) is 0 Å². The summed E-state index contributed by atoms with van der Waals surface area (Å²) in [5.74, 6) is 0.592. The zero-order valence-corrected chi connectivity index (χ0v) is 13.0. The Morgan fingerprint density at radius 2 is 1.87 bits per heavy atom. The molecule has 23 heavy (non-hydrogen) atoms. The van der Waals surface area contributed by atoms with E-state index >= 15 is 0 Å². The van der Waals surface area contributed by atoms with Gasteiger partial charge in [-0.2, -0.15) is 0 Å². The van der Waals surface area contributed by atoms with Crippen molar-refractivity contribution in [3.63, 3.8) is 0 Å². The van der Waals surface area contributed by atoms with Crippen molar-refractivity contribution in [3.8, 4) is 0 Å². The van der Waals surface area contributed by atoms with Crippen molar-refractivity contribution in [1.29, 1.82) is 0 Å². The van der Waals surface area contributed by atoms with Gasteiger partial charge in [0, 0.05) is 23.1 Å².